The van der Waals surface area contributed by atoms with Crippen LogP contribution in [0.15, 0.2) is 72.8 Å². The van der Waals surface area contributed by atoms with Crippen LogP contribution < -0.4 is 58.4 Å². The Morgan fingerprint density at radius 2 is 0.708 bits per heavy atom. The summed E-state index contributed by atoms with van der Waals surface area (Å²) in [7, 11) is 7.41. The smallest absolute Gasteiger partial charge is 0.373 e. The Morgan fingerprint density at radius 3 is 1.01 bits per heavy atom. The summed E-state index contributed by atoms with van der Waals surface area (Å²) in [5.74, 6) is -1.02. The number of aryl methyl sites for hydroxylation is 4. The second kappa shape index (κ2) is 84.0. The van der Waals surface area contributed by atoms with Gasteiger partial charge in [0, 0.05) is 111 Å². The lowest BCUT2D eigenvalue weighted by Gasteiger charge is -2.26. The number of anilines is 4. The molecular weight excluding hydrogens is 2160 g/mol. The molecule has 0 unspecified atom stereocenters. The largest absolute Gasteiger partial charge is 0.481 e. The van der Waals surface area contributed by atoms with E-state index in [1.54, 1.807) is 41.5 Å². The van der Waals surface area contributed by atoms with Gasteiger partial charge in [0.15, 0.2) is 0 Å². The Kier molecular flexibility index (Phi) is 87.0. The predicted molar refractivity (Wildman–Crippen MR) is 600 cm³/mol. The number of hydrogen-bond donors (Lipinski definition) is 11. The standard InChI is InChI=1S/C20H30BCl2N2O3.C16H24BN2O3.C15H22Cl2N2O2.C10H17BNO4.C9H16BINO3.C9H17BNO4.C8H15BNO3.C7H8IN.CO2.2CH4/c1-15-5-6-18(25(9-7-22)10-8-23)12-16(15)11-17(24-21-14-26)13-19(27)28-20(2,3)4;1-11-5-6-13(18)7-12(11)8-14(19-17-10-20)9-15(21)22-16(2,3)4;1-11-2-3-14(19(6-4-16)7-5-17)9-12(11)8-13(18)10-15(20)21;1-7(14)8(12-11-6-13)5-9(15)16-10(2,3)4;1-9(2,3)15-8(14)4-7(5-11)12-10-6-13;1-9(2,3)15-8(14)4-7(5-12)11-10-6-13;1-8(2,3)13-7(12)4-5-10-9-6-11;1-5-2-3-6(9)4-7(5)8;2-1-3;;/h5-6,12,14,17,24H,7-11,13H2,1-4H3;5-7,10,14,19H,8-9,18H2,1-4H3;2-3,9,13H,4-8,10,18H2,1H3,(H,20,21);6,8,12H,5H2,1-4H3;6-7,12H,4-5H2,1-3H3;6-7,11-12H,4-5H2,1-3H3;6,10H,4-5H2,1-3H3;2-4H,9H2,1H3;;2*1H4/t17-;14-;13-;8-;2*7-;;;;;/m111000...../s1. The summed E-state index contributed by atoms with van der Waals surface area (Å²) in [6.45, 7) is 44.9. The quantitative estimate of drug-likeness (QED) is 0.00286. The highest BCUT2D eigenvalue weighted by atomic mass is 127. The monoisotopic (exact) mass is 2320 g/mol. The third-order valence-corrected chi connectivity index (χ3v) is 20.2. The third-order valence-electron chi connectivity index (χ3n) is 17.3. The summed E-state index contributed by atoms with van der Waals surface area (Å²) in [5, 5.41) is 34.3. The third kappa shape index (κ3) is 88.2. The molecule has 4 aromatic carbocycles. The van der Waals surface area contributed by atoms with Crippen LogP contribution in [0.25, 0.3) is 0 Å². The van der Waals surface area contributed by atoms with Gasteiger partial charge in [0.05, 0.1) is 94.7 Å². The van der Waals surface area contributed by atoms with Gasteiger partial charge < -0.3 is 126 Å². The van der Waals surface area contributed by atoms with Crippen LogP contribution in [0.2, 0.25) is 0 Å². The lowest BCUT2D eigenvalue weighted by Crippen LogP contribution is -2.41. The first-order valence-corrected chi connectivity index (χ1v) is 50.1. The van der Waals surface area contributed by atoms with Crippen LogP contribution in [-0.4, -0.2) is 283 Å². The first-order chi connectivity index (χ1) is 66.0. The molecule has 144 heavy (non-hydrogen) atoms. The highest BCUT2D eigenvalue weighted by Gasteiger charge is 2.28. The van der Waals surface area contributed by atoms with Crippen molar-refractivity contribution in [3.8, 4) is 0 Å². The fraction of sp³-hybridized carbons (Fsp3) is 0.598. The topological polar surface area (TPSA) is 526 Å². The molecule has 47 heteroatoms. The number of carboxylic acids is 1. The van der Waals surface area contributed by atoms with Gasteiger partial charge in [-0.3, -0.25) is 38.4 Å². The molecule has 0 fully saturated rings. The predicted octanol–water partition coefficient (Wildman–Crippen LogP) is 11.0. The average Bonchev–Trinajstić information content (AvgIpc) is 0.889. The number of carbonyl (C=O) groups excluding carboxylic acids is 15. The number of ether oxygens (including phenoxy) is 6. The van der Waals surface area contributed by atoms with Gasteiger partial charge in [-0.1, -0.05) is 61.7 Å². The molecule has 0 saturated heterocycles. The van der Waals surface area contributed by atoms with E-state index >= 15 is 0 Å². The number of Topliss-reactive ketones (excluding diaryl/α,β-unsaturated/α-hetero) is 1. The van der Waals surface area contributed by atoms with Gasteiger partial charge in [-0.25, -0.2) is 0 Å². The van der Waals surface area contributed by atoms with Crippen molar-refractivity contribution in [2.45, 2.75) is 308 Å². The lowest BCUT2D eigenvalue weighted by molar-refractivity contribution is -0.192. The molecule has 0 aromatic heterocycles. The number of ketones is 1. The Labute approximate surface area is 907 Å². The number of nitrogen functional groups attached to an aromatic ring is 2. The SMILES string of the molecule is C.C.CC(=O)[C@H](CC(=O)OC(C)(C)C)N[B]C=O.CC(C)(C)OC(=O)CCN[B]C=O.CC(C)(C)OC(=O)C[C@@H](CI)N[B]C=O.CC(C)(C)OC(=O)C[C@@H](CO)N[B]C=O.Cc1ccc(N(CCCl)CCCl)cc1C[C@@H](N)CC(=O)O.Cc1ccc(N(CCCl)CCCl)cc1C[C@H](CC(=O)OC(C)(C)C)N[B]C=O.Cc1ccc(N)cc1C[C@H](CC(=O)OC(C)(C)C)N[B]C=O.Cc1ccc(N)cc1I.O=C=O. The number of aliphatic carboxylic acids is 1. The van der Waals surface area contributed by atoms with Gasteiger partial charge in [-0.15, -0.1) is 46.4 Å². The van der Waals surface area contributed by atoms with Gasteiger partial charge in [0.25, 0.3) is 44.5 Å². The highest BCUT2D eigenvalue weighted by Crippen LogP contribution is 2.26. The van der Waals surface area contributed by atoms with Crippen molar-refractivity contribution in [2.24, 2.45) is 5.73 Å². The van der Waals surface area contributed by atoms with E-state index in [0.717, 1.165) is 82.8 Å². The van der Waals surface area contributed by atoms with Crippen LogP contribution >= 0.6 is 91.6 Å². The average molecular weight is 2320 g/mol. The van der Waals surface area contributed by atoms with Crippen molar-refractivity contribution in [3.63, 3.8) is 0 Å². The van der Waals surface area contributed by atoms with Crippen molar-refractivity contribution in [1.82, 2.24) is 31.4 Å². The Balaban J connectivity index is -0.000000301. The summed E-state index contributed by atoms with van der Waals surface area (Å²) in [5.41, 5.74) is 25.5. The van der Waals surface area contributed by atoms with Crippen LogP contribution in [-0.2, 0) is 124 Å². The van der Waals surface area contributed by atoms with E-state index in [9.17, 15) is 67.1 Å². The number of halogens is 6. The van der Waals surface area contributed by atoms with Crippen LogP contribution in [0, 0.1) is 31.3 Å². The molecule has 14 N–H and O–H groups in total. The summed E-state index contributed by atoms with van der Waals surface area (Å²) < 4.78 is 33.0. The molecule has 0 aliphatic carbocycles. The van der Waals surface area contributed by atoms with Gasteiger partial charge in [-0.2, -0.15) is 9.59 Å². The van der Waals surface area contributed by atoms with E-state index in [2.05, 4.69) is 105 Å². The Hall–Kier alpha value is -7.87. The van der Waals surface area contributed by atoms with E-state index in [4.69, 9.17) is 112 Å². The Bertz CT molecular complexity index is 4340. The van der Waals surface area contributed by atoms with Crippen molar-refractivity contribution in [2.75, 3.05) is 88.5 Å². The van der Waals surface area contributed by atoms with Crippen LogP contribution in [0.3, 0.4) is 0 Å². The molecule has 0 aliphatic heterocycles. The molecule has 35 nitrogen and oxygen atoms in total. The second-order valence-electron chi connectivity index (χ2n) is 37.4. The first kappa shape index (κ1) is 149. The number of carboxylic acid groups (broad SMARTS) is 1. The van der Waals surface area contributed by atoms with Gasteiger partial charge in [0.2, 0.25) is 0 Å². The number of esters is 6. The summed E-state index contributed by atoms with van der Waals surface area (Å²) in [6.07, 6.45) is 6.45. The zero-order valence-corrected chi connectivity index (χ0v) is 93.8. The van der Waals surface area contributed by atoms with Crippen molar-refractivity contribution >= 4 is 250 Å². The number of alkyl halides is 5. The van der Waals surface area contributed by atoms with E-state index in [1.165, 1.54) is 45.7 Å². The maximum atomic E-state index is 12.3. The minimum atomic E-state index is -0.873. The van der Waals surface area contributed by atoms with Gasteiger partial charge >= 0.3 is 47.9 Å². The van der Waals surface area contributed by atoms with Crippen LogP contribution in [0.5, 0.6) is 0 Å². The Morgan fingerprint density at radius 1 is 0.424 bits per heavy atom. The fourth-order valence-corrected chi connectivity index (χ4v) is 13.3. The number of benzene rings is 4. The number of nitrogens with one attached hydrogen (secondary N) is 6. The molecule has 6 atom stereocenters. The molecule has 0 aliphatic rings. The highest BCUT2D eigenvalue weighted by molar-refractivity contribution is 14.1. The van der Waals surface area contributed by atoms with E-state index in [-0.39, 0.29) is 126 Å². The molecule has 4 rings (SSSR count). The van der Waals surface area contributed by atoms with Crippen LogP contribution in [0.1, 0.15) is 230 Å². The number of rotatable bonds is 51. The van der Waals surface area contributed by atoms with Gasteiger partial charge in [-0.05, 0) is 295 Å². The molecule has 6 radical (unpaired) electrons. The lowest BCUT2D eigenvalue weighted by atomic mass is 9.91. The van der Waals surface area contributed by atoms with Crippen LogP contribution in [0.4, 0.5) is 22.7 Å². The van der Waals surface area contributed by atoms with Crippen molar-refractivity contribution in [3.05, 3.63) is 115 Å². The maximum absolute atomic E-state index is 12.3. The number of nitrogens with zero attached hydrogens (tertiary/aromatic N) is 2. The van der Waals surface area contributed by atoms with Gasteiger partial charge in [0.1, 0.15) is 39.4 Å². The molecule has 804 valence electrons. The summed E-state index contributed by atoms with van der Waals surface area (Å²) in [6, 6.07) is 21.8. The number of aliphatic hydroxyl groups excluding tert-OH is 1. The molecular formula is C97H157B6Cl4I2N11O24. The minimum absolute atomic E-state index is 0. The van der Waals surface area contributed by atoms with Crippen molar-refractivity contribution in [1.29, 1.82) is 0 Å². The number of aliphatic hydroxyl groups is 1. The zero-order valence-electron chi connectivity index (χ0n) is 86.4. The molecule has 0 bridgehead atoms. The number of nitrogens with two attached hydrogens (primary N) is 3. The summed E-state index contributed by atoms with van der Waals surface area (Å²) in [4.78, 5) is 173. The molecule has 0 saturated carbocycles. The molecule has 4 aromatic rings. The zero-order chi connectivity index (χ0) is 110. The summed E-state index contributed by atoms with van der Waals surface area (Å²) >= 11 is 27.9. The normalized spacial score (nSPS) is 11.9. The fourth-order valence-electron chi connectivity index (χ4n) is 11.4. The molecule has 0 amide bonds. The van der Waals surface area contributed by atoms with E-state index in [0.29, 0.717) is 105 Å². The minimum Gasteiger partial charge on any atom is -0.481 e. The second-order valence-corrected chi connectivity index (χ2v) is 40.9. The van der Waals surface area contributed by atoms with Crippen molar-refractivity contribution < 1.29 is 115 Å². The number of hydrogen-bond acceptors (Lipinski definition) is 34. The maximum Gasteiger partial charge on any atom is 0.373 e. The van der Waals surface area contributed by atoms with E-state index < -0.39 is 63.6 Å². The molecule has 0 spiro atoms. The van der Waals surface area contributed by atoms with E-state index in [1.807, 2.05) is 165 Å². The first-order valence-electron chi connectivity index (χ1n) is 45.4. The molecule has 0 heterocycles. The number of carbonyl (C=O) groups is 14.